The lowest BCUT2D eigenvalue weighted by molar-refractivity contribution is -0.145. The molecular weight excluding hydrogens is 672 g/mol. The van der Waals surface area contributed by atoms with Gasteiger partial charge in [0.1, 0.15) is 11.9 Å². The molecular formula is C35H48Cl3F3N4O2. The first-order valence-electron chi connectivity index (χ1n) is 16.0. The van der Waals surface area contributed by atoms with Gasteiger partial charge in [-0.2, -0.15) is 5.10 Å². The van der Waals surface area contributed by atoms with Crippen LogP contribution in [0.2, 0.25) is 0 Å². The minimum atomic E-state index is -0.845. The van der Waals surface area contributed by atoms with Crippen molar-refractivity contribution in [2.24, 2.45) is 11.8 Å². The average molecular weight is 720 g/mol. The Morgan fingerprint density at radius 2 is 1.70 bits per heavy atom. The van der Waals surface area contributed by atoms with Crippen LogP contribution in [0.25, 0.3) is 0 Å². The second kappa shape index (κ2) is 17.9. The van der Waals surface area contributed by atoms with E-state index in [4.69, 9.17) is 5.10 Å². The summed E-state index contributed by atoms with van der Waals surface area (Å²) in [5.74, 6) is -1.91. The minimum absolute atomic E-state index is 0. The van der Waals surface area contributed by atoms with Crippen molar-refractivity contribution >= 4 is 43.2 Å². The molecule has 0 spiro atoms. The van der Waals surface area contributed by atoms with E-state index in [1.807, 2.05) is 36.5 Å². The number of aliphatic carboxylic acids is 1. The smallest absolute Gasteiger partial charge is 0.321 e. The molecule has 2 fully saturated rings. The number of piperidine rings is 1. The van der Waals surface area contributed by atoms with Crippen LogP contribution in [0, 0.1) is 29.3 Å². The maximum Gasteiger partial charge on any atom is 0.321 e. The summed E-state index contributed by atoms with van der Waals surface area (Å²) in [5, 5.41) is 14.7. The Morgan fingerprint density at radius 3 is 2.30 bits per heavy atom. The standard InChI is InChI=1S/C35H45F3N4O2.3ClH/c1-5-42-33(19-28(39-42)15-23-9-10-31(37)32(38)16-23)24-11-13-41(14-12-24)21-26-18-29(40(4)34(22(2)3)35(43)44)20-30(26)25-7-6-8-27(36)17-25;;;/h6-10,16-17,19,22,24,26,29-30,34H,5,11-15,18,20-21H2,1-4H3,(H,43,44);3*1H/t26?,29?,30?,34-;;;/m1.../s1. The van der Waals surface area contributed by atoms with Gasteiger partial charge in [0.05, 0.1) is 5.69 Å². The van der Waals surface area contributed by atoms with Crippen LogP contribution in [-0.4, -0.2) is 69.4 Å². The Kier molecular flexibility index (Phi) is 15.6. The highest BCUT2D eigenvalue weighted by Crippen LogP contribution is 2.43. The third-order valence-corrected chi connectivity index (χ3v) is 9.87. The van der Waals surface area contributed by atoms with Gasteiger partial charge >= 0.3 is 5.97 Å². The number of benzene rings is 2. The lowest BCUT2D eigenvalue weighted by atomic mass is 9.87. The molecule has 3 unspecified atom stereocenters. The van der Waals surface area contributed by atoms with Crippen LogP contribution in [0.5, 0.6) is 0 Å². The van der Waals surface area contributed by atoms with Gasteiger partial charge in [0.25, 0.3) is 0 Å². The third kappa shape index (κ3) is 9.66. The van der Waals surface area contributed by atoms with Gasteiger partial charge in [-0.1, -0.05) is 32.0 Å². The van der Waals surface area contributed by atoms with E-state index in [-0.39, 0.29) is 60.9 Å². The fraction of sp³-hybridized carbons (Fsp3) is 0.543. The van der Waals surface area contributed by atoms with Crippen LogP contribution < -0.4 is 0 Å². The summed E-state index contributed by atoms with van der Waals surface area (Å²) in [6.07, 6.45) is 4.13. The third-order valence-electron chi connectivity index (χ3n) is 9.87. The predicted octanol–water partition coefficient (Wildman–Crippen LogP) is 7.96. The van der Waals surface area contributed by atoms with Crippen molar-refractivity contribution in [2.45, 2.75) is 83.3 Å². The number of carboxylic acids is 1. The van der Waals surface area contributed by atoms with Gasteiger partial charge in [-0.15, -0.1) is 37.2 Å². The molecule has 1 saturated carbocycles. The first-order valence-corrected chi connectivity index (χ1v) is 16.0. The van der Waals surface area contributed by atoms with Crippen molar-refractivity contribution < 1.29 is 23.1 Å². The summed E-state index contributed by atoms with van der Waals surface area (Å²) in [6.45, 7) is 9.49. The minimum Gasteiger partial charge on any atom is -0.480 e. The van der Waals surface area contributed by atoms with E-state index in [1.54, 1.807) is 18.2 Å². The fourth-order valence-corrected chi connectivity index (χ4v) is 7.69. The van der Waals surface area contributed by atoms with Crippen molar-refractivity contribution in [3.05, 3.63) is 88.5 Å². The zero-order valence-electron chi connectivity index (χ0n) is 27.4. The van der Waals surface area contributed by atoms with Crippen molar-refractivity contribution in [2.75, 3.05) is 26.7 Å². The van der Waals surface area contributed by atoms with E-state index in [2.05, 4.69) is 17.9 Å². The molecule has 1 N–H and O–H groups in total. The molecule has 1 aliphatic heterocycles. The number of aryl methyl sites for hydroxylation is 1. The SMILES string of the molecule is CCn1nc(Cc2ccc(F)c(F)c2)cc1C1CCN(CC2CC(N(C)[C@@H](C(=O)O)C(C)C)CC2c2cccc(F)c2)CC1.Cl.Cl.Cl. The number of halogens is 6. The topological polar surface area (TPSA) is 61.6 Å². The molecule has 5 rings (SSSR count). The molecule has 262 valence electrons. The number of nitrogens with zero attached hydrogens (tertiary/aromatic N) is 4. The Morgan fingerprint density at radius 1 is 1.00 bits per heavy atom. The quantitative estimate of drug-likeness (QED) is 0.218. The number of carboxylic acid groups (broad SMARTS) is 1. The van der Waals surface area contributed by atoms with Gasteiger partial charge in [0.15, 0.2) is 11.6 Å². The van der Waals surface area contributed by atoms with E-state index in [0.29, 0.717) is 23.8 Å². The van der Waals surface area contributed by atoms with Gasteiger partial charge in [-0.25, -0.2) is 13.2 Å². The largest absolute Gasteiger partial charge is 0.480 e. The molecule has 2 heterocycles. The summed E-state index contributed by atoms with van der Waals surface area (Å²) < 4.78 is 43.5. The second-order valence-corrected chi connectivity index (χ2v) is 13.1. The number of hydrogen-bond acceptors (Lipinski definition) is 4. The first-order chi connectivity index (χ1) is 21.0. The van der Waals surface area contributed by atoms with E-state index in [0.717, 1.165) is 69.2 Å². The summed E-state index contributed by atoms with van der Waals surface area (Å²) in [4.78, 5) is 16.7. The molecule has 1 aromatic heterocycles. The Hall–Kier alpha value is -2.30. The summed E-state index contributed by atoms with van der Waals surface area (Å²) in [7, 11) is 1.93. The number of aromatic nitrogens is 2. The van der Waals surface area contributed by atoms with E-state index >= 15 is 0 Å². The maximum absolute atomic E-state index is 14.3. The molecule has 2 aliphatic rings. The van der Waals surface area contributed by atoms with E-state index in [9.17, 15) is 23.1 Å². The molecule has 4 atom stereocenters. The number of likely N-dealkylation sites (N-methyl/N-ethyl adjacent to an activating group) is 1. The lowest BCUT2D eigenvalue weighted by Crippen LogP contribution is -2.47. The molecule has 47 heavy (non-hydrogen) atoms. The normalized spacial score (nSPS) is 20.8. The van der Waals surface area contributed by atoms with Crippen LogP contribution in [0.15, 0.2) is 48.5 Å². The molecule has 1 saturated heterocycles. The van der Waals surface area contributed by atoms with Gasteiger partial charge in [-0.05, 0) is 112 Å². The molecule has 12 heteroatoms. The average Bonchev–Trinajstić information content (AvgIpc) is 3.59. The summed E-state index contributed by atoms with van der Waals surface area (Å²) >= 11 is 0. The fourth-order valence-electron chi connectivity index (χ4n) is 7.69. The Balaban J connectivity index is 0.00000256. The van der Waals surface area contributed by atoms with Crippen molar-refractivity contribution in [3.63, 3.8) is 0 Å². The number of hydrogen-bond donors (Lipinski definition) is 1. The van der Waals surface area contributed by atoms with E-state index in [1.165, 1.54) is 17.8 Å². The van der Waals surface area contributed by atoms with Crippen molar-refractivity contribution in [3.8, 4) is 0 Å². The van der Waals surface area contributed by atoms with Gasteiger partial charge in [-0.3, -0.25) is 14.4 Å². The number of carbonyl (C=O) groups is 1. The molecule has 2 aromatic carbocycles. The highest BCUT2D eigenvalue weighted by molar-refractivity contribution is 5.86. The van der Waals surface area contributed by atoms with Crippen LogP contribution in [-0.2, 0) is 17.8 Å². The lowest BCUT2D eigenvalue weighted by Gasteiger charge is -2.35. The van der Waals surface area contributed by atoms with Crippen LogP contribution >= 0.6 is 37.2 Å². The molecule has 0 radical (unpaired) electrons. The zero-order chi connectivity index (χ0) is 31.5. The molecule has 0 amide bonds. The highest BCUT2D eigenvalue weighted by atomic mass is 35.5. The molecule has 3 aromatic rings. The zero-order valence-corrected chi connectivity index (χ0v) is 29.9. The van der Waals surface area contributed by atoms with Crippen molar-refractivity contribution in [1.82, 2.24) is 19.6 Å². The maximum atomic E-state index is 14.3. The van der Waals surface area contributed by atoms with E-state index < -0.39 is 23.6 Å². The van der Waals surface area contributed by atoms with Gasteiger partial charge < -0.3 is 10.0 Å². The monoisotopic (exact) mass is 718 g/mol. The Bertz CT molecular complexity index is 1450. The molecule has 1 aliphatic carbocycles. The predicted molar refractivity (Wildman–Crippen MR) is 187 cm³/mol. The summed E-state index contributed by atoms with van der Waals surface area (Å²) in [6, 6.07) is 12.6. The number of likely N-dealkylation sites (tertiary alicyclic amines) is 1. The highest BCUT2D eigenvalue weighted by Gasteiger charge is 2.42. The molecule has 6 nitrogen and oxygen atoms in total. The molecule has 0 bridgehead atoms. The number of rotatable bonds is 11. The first kappa shape index (κ1) is 40.9. The van der Waals surface area contributed by atoms with Gasteiger partial charge in [0, 0.05) is 37.2 Å². The Labute approximate surface area is 295 Å². The van der Waals surface area contributed by atoms with Crippen molar-refractivity contribution in [1.29, 1.82) is 0 Å². The van der Waals surface area contributed by atoms with Crippen LogP contribution in [0.1, 0.15) is 80.8 Å². The van der Waals surface area contributed by atoms with Gasteiger partial charge in [0.2, 0.25) is 0 Å². The van der Waals surface area contributed by atoms with Crippen LogP contribution in [0.3, 0.4) is 0 Å². The second-order valence-electron chi connectivity index (χ2n) is 13.1. The van der Waals surface area contributed by atoms with Crippen LogP contribution in [0.4, 0.5) is 13.2 Å². The summed E-state index contributed by atoms with van der Waals surface area (Å²) in [5.41, 5.74) is 3.74.